The van der Waals surface area contributed by atoms with Crippen LogP contribution in [0.5, 0.6) is 17.2 Å². The number of hydrogen-bond donors (Lipinski definition) is 5. The number of methoxy groups -OCH3 is 1. The maximum absolute atomic E-state index is 14.4. The van der Waals surface area contributed by atoms with E-state index >= 15 is 0 Å². The van der Waals surface area contributed by atoms with Gasteiger partial charge in [-0.2, -0.15) is 0 Å². The lowest BCUT2D eigenvalue weighted by molar-refractivity contribution is -0.165. The number of phenolic OH excluding ortho intramolecular Hbond substituents is 2. The molecule has 9 atom stereocenters. The van der Waals surface area contributed by atoms with E-state index in [4.69, 9.17) is 28.7 Å². The first kappa shape index (κ1) is 44.1. The molecule has 0 fully saturated rings. The summed E-state index contributed by atoms with van der Waals surface area (Å²) >= 11 is 0. The topological polar surface area (TPSA) is 208 Å². The van der Waals surface area contributed by atoms with E-state index in [2.05, 4.69) is 5.32 Å². The summed E-state index contributed by atoms with van der Waals surface area (Å²) in [5, 5.41) is 48.5. The molecule has 0 saturated carbocycles. The van der Waals surface area contributed by atoms with Gasteiger partial charge in [0.15, 0.2) is 11.2 Å². The number of hydrogen-bond acceptors (Lipinski definition) is 13. The lowest BCUT2D eigenvalue weighted by atomic mass is 9.78. The largest absolute Gasteiger partial charge is 0.508 e. The van der Waals surface area contributed by atoms with Gasteiger partial charge in [0.05, 0.1) is 58.6 Å². The second kappa shape index (κ2) is 17.2. The molecule has 0 unspecified atom stereocenters. The number of allylic oxidation sites excluding steroid dienone is 2. The van der Waals surface area contributed by atoms with Gasteiger partial charge >= 0.3 is 5.97 Å². The lowest BCUT2D eigenvalue weighted by Gasteiger charge is -2.38. The van der Waals surface area contributed by atoms with Crippen molar-refractivity contribution < 1.29 is 53.7 Å². The van der Waals surface area contributed by atoms with Crippen LogP contribution in [0.4, 0.5) is 5.69 Å². The number of amides is 1. The van der Waals surface area contributed by atoms with Gasteiger partial charge in [-0.25, -0.2) is 4.98 Å². The molecular formula is C45H55N3O12. The number of aromatic nitrogens is 2. The molecule has 1 aromatic heterocycles. The molecule has 0 radical (unpaired) electrons. The summed E-state index contributed by atoms with van der Waals surface area (Å²) in [5.41, 5.74) is 1.58. The molecule has 1 amide bonds. The predicted octanol–water partition coefficient (Wildman–Crippen LogP) is 5.78. The summed E-state index contributed by atoms with van der Waals surface area (Å²) in [4.78, 5) is 45.7. The molecule has 5 bridgehead atoms. The monoisotopic (exact) mass is 829 g/mol. The molecule has 0 spiro atoms. The van der Waals surface area contributed by atoms with Crippen LogP contribution >= 0.6 is 0 Å². The number of aromatic hydroxyl groups is 2. The molecule has 6 rings (SSSR count). The Bertz CT molecular complexity index is 2490. The Morgan fingerprint density at radius 3 is 2.42 bits per heavy atom. The third-order valence-electron chi connectivity index (χ3n) is 11.9. The van der Waals surface area contributed by atoms with Crippen LogP contribution in [0.3, 0.4) is 0 Å². The minimum atomic E-state index is -1.49. The Balaban J connectivity index is 1.59. The molecule has 4 aromatic rings. The van der Waals surface area contributed by atoms with Crippen molar-refractivity contribution in [2.75, 3.05) is 19.0 Å². The fourth-order valence-electron chi connectivity index (χ4n) is 8.38. The average Bonchev–Trinajstić information content (AvgIpc) is 3.38. The number of aliphatic hydroxyl groups is 2. The lowest BCUT2D eigenvalue weighted by Crippen LogP contribution is -2.46. The van der Waals surface area contributed by atoms with E-state index in [1.165, 1.54) is 32.4 Å². The zero-order valence-corrected chi connectivity index (χ0v) is 35.6. The van der Waals surface area contributed by atoms with Gasteiger partial charge in [0.1, 0.15) is 29.9 Å². The number of carbonyl (C=O) groups is 2. The van der Waals surface area contributed by atoms with E-state index in [-0.39, 0.29) is 63.3 Å². The molecule has 2 aliphatic rings. The standard InChI is InChI=1S/C45H55N3O12/c1-21-12-11-13-22(2)44(55)47-36-37-35(46-30-15-14-28(50)18-31(30)48(37)9)33-29-19-57-20-45(8,60-43(29)26(6)40(53)34(33)41(36)54)58-17-16-32(56-10)23(3)42(59-27(7)49)25(5)39(52)24(4)38(21)51/h11-18,21,23-25,32,38-39,42,50-52,54H,19-20H2,1-10H3,(H,47,55)/b12-11+,17-16+,22-13-/t21-,23+,24+,25+,32-,38-,39+,42+,45-/m0/s1. The van der Waals surface area contributed by atoms with Crippen molar-refractivity contribution in [2.45, 2.75) is 92.2 Å². The van der Waals surface area contributed by atoms with E-state index in [9.17, 15) is 34.8 Å². The van der Waals surface area contributed by atoms with Crippen LogP contribution in [-0.2, 0) is 42.2 Å². The fourth-order valence-corrected chi connectivity index (χ4v) is 8.38. The number of nitrogens with zero attached hydrogens (tertiary/aromatic N) is 2. The second-order valence-electron chi connectivity index (χ2n) is 16.3. The molecule has 0 aliphatic carbocycles. The van der Waals surface area contributed by atoms with E-state index in [0.29, 0.717) is 16.6 Å². The molecule has 15 heteroatoms. The fraction of sp³-hybridized carbons (Fsp3) is 0.467. The summed E-state index contributed by atoms with van der Waals surface area (Å²) in [6.07, 6.45) is 4.19. The van der Waals surface area contributed by atoms with E-state index in [0.717, 1.165) is 0 Å². The van der Waals surface area contributed by atoms with Gasteiger partial charge in [-0.15, -0.1) is 0 Å². The van der Waals surface area contributed by atoms with Crippen LogP contribution in [-0.4, -0.2) is 85.8 Å². The van der Waals surface area contributed by atoms with Gasteiger partial charge in [0, 0.05) is 79.8 Å². The Kier molecular flexibility index (Phi) is 12.7. The molecule has 60 heavy (non-hydrogen) atoms. The average molecular weight is 830 g/mol. The van der Waals surface area contributed by atoms with Crippen molar-refractivity contribution in [3.63, 3.8) is 0 Å². The molecule has 3 heterocycles. The number of ether oxygens (including phenoxy) is 5. The van der Waals surface area contributed by atoms with Crippen LogP contribution in [0, 0.1) is 30.6 Å². The highest BCUT2D eigenvalue weighted by Crippen LogP contribution is 2.46. The first-order valence-electron chi connectivity index (χ1n) is 20.0. The molecule has 5 N–H and O–H groups in total. The van der Waals surface area contributed by atoms with Crippen molar-refractivity contribution in [1.82, 2.24) is 9.55 Å². The number of aryl methyl sites for hydroxylation is 1. The molecule has 322 valence electrons. The van der Waals surface area contributed by atoms with Gasteiger partial charge in [0.2, 0.25) is 0 Å². The summed E-state index contributed by atoms with van der Waals surface area (Å²) < 4.78 is 32.2. The van der Waals surface area contributed by atoms with Gasteiger partial charge < -0.3 is 54.0 Å². The minimum Gasteiger partial charge on any atom is -0.508 e. The number of rotatable bonds is 2. The number of anilines is 1. The number of benzene rings is 3. The van der Waals surface area contributed by atoms with Crippen molar-refractivity contribution in [1.29, 1.82) is 0 Å². The smallest absolute Gasteiger partial charge is 0.302 e. The van der Waals surface area contributed by atoms with E-state index in [1.807, 2.05) is 6.92 Å². The zero-order chi connectivity index (χ0) is 44.0. The Labute approximate surface area is 347 Å². The van der Waals surface area contributed by atoms with Crippen LogP contribution < -0.4 is 15.5 Å². The first-order chi connectivity index (χ1) is 28.3. The van der Waals surface area contributed by atoms with Crippen molar-refractivity contribution >= 4 is 50.4 Å². The highest BCUT2D eigenvalue weighted by atomic mass is 16.7. The van der Waals surface area contributed by atoms with E-state index in [1.54, 1.807) is 83.5 Å². The zero-order valence-electron chi connectivity index (χ0n) is 35.6. The molecular weight excluding hydrogens is 775 g/mol. The summed E-state index contributed by atoms with van der Waals surface area (Å²) in [6, 6.07) is 4.61. The van der Waals surface area contributed by atoms with Crippen molar-refractivity contribution in [3.05, 3.63) is 75.7 Å². The van der Waals surface area contributed by atoms with E-state index < -0.39 is 76.9 Å². The van der Waals surface area contributed by atoms with Gasteiger partial charge in [-0.3, -0.25) is 14.4 Å². The van der Waals surface area contributed by atoms with Gasteiger partial charge in [-0.1, -0.05) is 45.9 Å². The Hall–Kier alpha value is -5.48. The van der Waals surface area contributed by atoms with Gasteiger partial charge in [-0.05, 0) is 32.1 Å². The molecule has 2 aliphatic heterocycles. The Morgan fingerprint density at radius 1 is 1.02 bits per heavy atom. The second-order valence-corrected chi connectivity index (χ2v) is 16.3. The van der Waals surface area contributed by atoms with Crippen LogP contribution in [0.15, 0.2) is 59.1 Å². The van der Waals surface area contributed by atoms with Crippen LogP contribution in [0.1, 0.15) is 59.6 Å². The first-order valence-corrected chi connectivity index (χ1v) is 20.0. The predicted molar refractivity (Wildman–Crippen MR) is 226 cm³/mol. The molecule has 0 saturated heterocycles. The summed E-state index contributed by atoms with van der Waals surface area (Å²) in [7, 11) is 3.19. The van der Waals surface area contributed by atoms with Crippen LogP contribution in [0.2, 0.25) is 0 Å². The molecule has 15 nitrogen and oxygen atoms in total. The normalized spacial score (nSPS) is 30.2. The highest BCUT2D eigenvalue weighted by molar-refractivity contribution is 6.20. The highest BCUT2D eigenvalue weighted by Gasteiger charge is 2.40. The summed E-state index contributed by atoms with van der Waals surface area (Å²) in [6.45, 7) is 12.9. The summed E-state index contributed by atoms with van der Waals surface area (Å²) in [5.74, 6) is -5.33. The maximum Gasteiger partial charge on any atom is 0.302 e. The number of phenols is 2. The minimum absolute atomic E-state index is 0.0308. The van der Waals surface area contributed by atoms with Crippen molar-refractivity contribution in [2.24, 2.45) is 30.7 Å². The van der Waals surface area contributed by atoms with Crippen molar-refractivity contribution in [3.8, 4) is 17.2 Å². The number of fused-ring (bicyclic) bond motifs is 2. The molecule has 3 aromatic carbocycles. The SMILES string of the molecule is CO[C@H]1/C=C/O[C@]2(C)COCc3c(c(C)c(=O)c4c(O)c(c5c(nc6ccc(O)cc6n5C)c34)NC(=O)/C(C)=C\C=C\[C@H](C)[C@H](O)[C@@H](C)[C@@H](O)[C@@H](C)[C@H](OC(C)=O)[C@@H]1C)O2. The third kappa shape index (κ3) is 8.18. The maximum atomic E-state index is 14.4. The van der Waals surface area contributed by atoms with Crippen LogP contribution in [0.25, 0.3) is 32.8 Å². The number of aliphatic hydroxyl groups excluding tert-OH is 2. The number of esters is 1. The number of carbonyl (C=O) groups excluding carboxylic acids is 2. The Morgan fingerprint density at radius 2 is 1.73 bits per heavy atom. The number of nitrogens with one attached hydrogen (secondary N) is 1. The third-order valence-corrected chi connectivity index (χ3v) is 11.9. The van der Waals surface area contributed by atoms with Gasteiger partial charge in [0.25, 0.3) is 11.7 Å². The quantitative estimate of drug-likeness (QED) is 0.0704.